The molecule has 20 heavy (non-hydrogen) atoms. The third-order valence-corrected chi connectivity index (χ3v) is 5.59. The minimum Gasteiger partial charge on any atom is -0.329 e. The molecule has 2 heteroatoms. The summed E-state index contributed by atoms with van der Waals surface area (Å²) in [6.07, 6.45) is 7.04. The van der Waals surface area contributed by atoms with Gasteiger partial charge in [0.1, 0.15) is 0 Å². The zero-order valence-corrected chi connectivity index (χ0v) is 12.9. The van der Waals surface area contributed by atoms with Gasteiger partial charge in [-0.3, -0.25) is 4.90 Å². The molecular weight excluding hydrogens is 244 g/mol. The second-order valence-corrected chi connectivity index (χ2v) is 6.73. The van der Waals surface area contributed by atoms with Gasteiger partial charge in [0.25, 0.3) is 0 Å². The Morgan fingerprint density at radius 3 is 2.70 bits per heavy atom. The number of aryl methyl sites for hydroxylation is 2. The molecule has 1 aliphatic carbocycles. The molecule has 3 rings (SSSR count). The van der Waals surface area contributed by atoms with Crippen LogP contribution in [0.4, 0.5) is 0 Å². The second kappa shape index (κ2) is 5.87. The molecular formula is C18H28N2. The molecule has 0 aromatic heterocycles. The first kappa shape index (κ1) is 14.1. The van der Waals surface area contributed by atoms with Crippen LogP contribution in [0.5, 0.6) is 0 Å². The van der Waals surface area contributed by atoms with Crippen LogP contribution >= 0.6 is 0 Å². The quantitative estimate of drug-likeness (QED) is 0.911. The molecule has 110 valence electrons. The lowest BCUT2D eigenvalue weighted by Gasteiger charge is -2.37. The van der Waals surface area contributed by atoms with Gasteiger partial charge in [-0.05, 0) is 62.3 Å². The Hall–Kier alpha value is -0.860. The normalized spacial score (nSPS) is 28.4. The van der Waals surface area contributed by atoms with Crippen molar-refractivity contribution in [3.63, 3.8) is 0 Å². The highest BCUT2D eigenvalue weighted by Gasteiger charge is 2.38. The van der Waals surface area contributed by atoms with Crippen molar-refractivity contribution >= 4 is 0 Å². The molecule has 0 bridgehead atoms. The van der Waals surface area contributed by atoms with Crippen molar-refractivity contribution in [2.24, 2.45) is 11.7 Å². The number of nitrogens with zero attached hydrogens (tertiary/aromatic N) is 1. The van der Waals surface area contributed by atoms with E-state index in [1.54, 1.807) is 0 Å². The van der Waals surface area contributed by atoms with E-state index in [0.717, 1.165) is 18.5 Å². The van der Waals surface area contributed by atoms with Crippen LogP contribution in [0, 0.1) is 19.8 Å². The predicted molar refractivity (Wildman–Crippen MR) is 84.8 cm³/mol. The van der Waals surface area contributed by atoms with Gasteiger partial charge in [0, 0.05) is 18.6 Å². The molecule has 1 heterocycles. The summed E-state index contributed by atoms with van der Waals surface area (Å²) in [6, 6.07) is 8.10. The summed E-state index contributed by atoms with van der Waals surface area (Å²) < 4.78 is 0. The first-order valence-electron chi connectivity index (χ1n) is 8.23. The molecule has 2 fully saturated rings. The van der Waals surface area contributed by atoms with Crippen LogP contribution in [-0.2, 0) is 0 Å². The van der Waals surface area contributed by atoms with Gasteiger partial charge in [0.2, 0.25) is 0 Å². The summed E-state index contributed by atoms with van der Waals surface area (Å²) in [6.45, 7) is 6.37. The number of rotatable bonds is 3. The summed E-state index contributed by atoms with van der Waals surface area (Å²) >= 11 is 0. The largest absolute Gasteiger partial charge is 0.329 e. The van der Waals surface area contributed by atoms with E-state index in [0.29, 0.717) is 6.04 Å². The average Bonchev–Trinajstić information content (AvgIpc) is 2.88. The Labute approximate surface area is 123 Å². The van der Waals surface area contributed by atoms with Gasteiger partial charge in [-0.25, -0.2) is 0 Å². The second-order valence-electron chi connectivity index (χ2n) is 6.73. The van der Waals surface area contributed by atoms with E-state index in [2.05, 4.69) is 36.9 Å². The molecule has 2 N–H and O–H groups in total. The number of likely N-dealkylation sites (tertiary alicyclic amines) is 1. The summed E-state index contributed by atoms with van der Waals surface area (Å²) in [5, 5.41) is 0. The maximum absolute atomic E-state index is 6.15. The van der Waals surface area contributed by atoms with E-state index in [9.17, 15) is 0 Å². The molecule has 1 aromatic carbocycles. The van der Waals surface area contributed by atoms with Crippen LogP contribution in [0.1, 0.15) is 54.8 Å². The number of hydrogen-bond donors (Lipinski definition) is 1. The zero-order chi connectivity index (χ0) is 14.1. The third kappa shape index (κ3) is 2.51. The highest BCUT2D eigenvalue weighted by Crippen LogP contribution is 2.40. The number of fused-ring (bicyclic) bond motifs is 1. The molecule has 1 saturated heterocycles. The summed E-state index contributed by atoms with van der Waals surface area (Å²) in [4.78, 5) is 2.72. The fraction of sp³-hybridized carbons (Fsp3) is 0.667. The zero-order valence-electron chi connectivity index (χ0n) is 12.9. The molecule has 3 unspecified atom stereocenters. The fourth-order valence-electron chi connectivity index (χ4n) is 4.26. The van der Waals surface area contributed by atoms with E-state index >= 15 is 0 Å². The van der Waals surface area contributed by atoms with Crippen molar-refractivity contribution in [2.45, 2.75) is 58.0 Å². The van der Waals surface area contributed by atoms with Crippen molar-refractivity contribution < 1.29 is 0 Å². The topological polar surface area (TPSA) is 29.3 Å². The van der Waals surface area contributed by atoms with Gasteiger partial charge in [0.15, 0.2) is 0 Å². The summed E-state index contributed by atoms with van der Waals surface area (Å²) in [5.74, 6) is 0.935. The van der Waals surface area contributed by atoms with Crippen molar-refractivity contribution in [2.75, 3.05) is 13.1 Å². The lowest BCUT2D eigenvalue weighted by atomic mass is 9.84. The van der Waals surface area contributed by atoms with Crippen LogP contribution in [0.15, 0.2) is 18.2 Å². The van der Waals surface area contributed by atoms with Gasteiger partial charge in [0.05, 0.1) is 0 Å². The maximum Gasteiger partial charge on any atom is 0.0473 e. The van der Waals surface area contributed by atoms with Gasteiger partial charge >= 0.3 is 0 Å². The Morgan fingerprint density at radius 1 is 1.15 bits per heavy atom. The van der Waals surface area contributed by atoms with Gasteiger partial charge in [-0.2, -0.15) is 0 Å². The number of hydrogen-bond acceptors (Lipinski definition) is 2. The van der Waals surface area contributed by atoms with Crippen molar-refractivity contribution in [1.82, 2.24) is 4.90 Å². The lowest BCUT2D eigenvalue weighted by molar-refractivity contribution is 0.135. The van der Waals surface area contributed by atoms with Gasteiger partial charge in [-0.1, -0.05) is 31.0 Å². The van der Waals surface area contributed by atoms with Crippen molar-refractivity contribution in [3.05, 3.63) is 34.9 Å². The molecule has 0 spiro atoms. The van der Waals surface area contributed by atoms with E-state index < -0.39 is 0 Å². The standard InChI is InChI=1S/C18H28N2/c1-13-7-8-16(11-14(13)2)18(12-19)20-10-9-15-5-3-4-6-17(15)20/h7-8,11,15,17-18H,3-6,9-10,12,19H2,1-2H3. The molecule has 1 aromatic rings. The predicted octanol–water partition coefficient (Wildman–Crippen LogP) is 3.57. The Bertz CT molecular complexity index is 468. The molecule has 1 saturated carbocycles. The smallest absolute Gasteiger partial charge is 0.0473 e. The first-order chi connectivity index (χ1) is 9.70. The summed E-state index contributed by atoms with van der Waals surface area (Å²) in [7, 11) is 0. The third-order valence-electron chi connectivity index (χ3n) is 5.59. The highest BCUT2D eigenvalue weighted by atomic mass is 15.2. The van der Waals surface area contributed by atoms with E-state index in [4.69, 9.17) is 5.73 Å². The molecule has 2 nitrogen and oxygen atoms in total. The molecule has 1 aliphatic heterocycles. The Balaban J connectivity index is 1.84. The Kier molecular flexibility index (Phi) is 4.13. The van der Waals surface area contributed by atoms with Gasteiger partial charge in [-0.15, -0.1) is 0 Å². The van der Waals surface area contributed by atoms with E-state index in [1.165, 1.54) is 55.3 Å². The minimum atomic E-state index is 0.419. The number of benzene rings is 1. The van der Waals surface area contributed by atoms with Crippen LogP contribution in [0.3, 0.4) is 0 Å². The SMILES string of the molecule is Cc1ccc(C(CN)N2CCC3CCCCC32)cc1C. The minimum absolute atomic E-state index is 0.419. The molecule has 3 atom stereocenters. The molecule has 0 amide bonds. The van der Waals surface area contributed by atoms with Crippen LogP contribution in [-0.4, -0.2) is 24.0 Å². The lowest BCUT2D eigenvalue weighted by Crippen LogP contribution is -2.40. The fourth-order valence-corrected chi connectivity index (χ4v) is 4.26. The summed E-state index contributed by atoms with van der Waals surface area (Å²) in [5.41, 5.74) is 10.3. The van der Waals surface area contributed by atoms with E-state index in [-0.39, 0.29) is 0 Å². The van der Waals surface area contributed by atoms with E-state index in [1.807, 2.05) is 0 Å². The molecule has 0 radical (unpaired) electrons. The van der Waals surface area contributed by atoms with Crippen molar-refractivity contribution in [3.8, 4) is 0 Å². The first-order valence-corrected chi connectivity index (χ1v) is 8.23. The maximum atomic E-state index is 6.15. The van der Waals surface area contributed by atoms with Crippen LogP contribution in [0.2, 0.25) is 0 Å². The van der Waals surface area contributed by atoms with Crippen LogP contribution in [0.25, 0.3) is 0 Å². The van der Waals surface area contributed by atoms with Crippen molar-refractivity contribution in [1.29, 1.82) is 0 Å². The van der Waals surface area contributed by atoms with Gasteiger partial charge < -0.3 is 5.73 Å². The average molecular weight is 272 g/mol. The highest BCUT2D eigenvalue weighted by molar-refractivity contribution is 5.32. The van der Waals surface area contributed by atoms with Crippen LogP contribution < -0.4 is 5.73 Å². The Morgan fingerprint density at radius 2 is 1.95 bits per heavy atom. The molecule has 2 aliphatic rings. The monoisotopic (exact) mass is 272 g/mol. The number of nitrogens with two attached hydrogens (primary N) is 1.